The number of hydrogen-bond acceptors (Lipinski definition) is 6. The fourth-order valence-corrected chi connectivity index (χ4v) is 4.55. The van der Waals surface area contributed by atoms with Crippen LogP contribution in [0.3, 0.4) is 0 Å². The summed E-state index contributed by atoms with van der Waals surface area (Å²) in [6.45, 7) is 1.92. The molecule has 2 aliphatic rings. The molecule has 7 nitrogen and oxygen atoms in total. The van der Waals surface area contributed by atoms with Gasteiger partial charge in [-0.3, -0.25) is 4.79 Å². The fourth-order valence-electron chi connectivity index (χ4n) is 2.36. The van der Waals surface area contributed by atoms with Gasteiger partial charge in [-0.25, -0.2) is 14.3 Å². The maximum atomic E-state index is 12.2. The Bertz CT molecular complexity index is 475. The third-order valence-corrected chi connectivity index (χ3v) is 6.13. The molecule has 2 saturated heterocycles. The van der Waals surface area contributed by atoms with Gasteiger partial charge in [0, 0.05) is 18.9 Å². The lowest BCUT2D eigenvalue weighted by Crippen LogP contribution is -2.50. The maximum absolute atomic E-state index is 12.2. The molecule has 0 aliphatic carbocycles. The van der Waals surface area contributed by atoms with Crippen molar-refractivity contribution in [1.29, 1.82) is 0 Å². The first kappa shape index (κ1) is 12.2. The molecule has 0 aromatic carbocycles. The number of hydrazine groups is 1. The number of hydrogen-bond donors (Lipinski definition) is 2. The highest BCUT2D eigenvalue weighted by molar-refractivity contribution is 7.93. The zero-order valence-corrected chi connectivity index (χ0v) is 10.4. The maximum Gasteiger partial charge on any atom is 0.226 e. The highest BCUT2D eigenvalue weighted by Crippen LogP contribution is 2.41. The summed E-state index contributed by atoms with van der Waals surface area (Å²) in [6.07, 6.45) is 2.73. The molecule has 8 heteroatoms. The number of β-lactam (4-membered cyclic amide) rings is 1. The van der Waals surface area contributed by atoms with Gasteiger partial charge in [0.05, 0.1) is 13.0 Å². The van der Waals surface area contributed by atoms with Crippen LogP contribution in [0, 0.1) is 0 Å². The van der Waals surface area contributed by atoms with E-state index >= 15 is 0 Å². The third-order valence-electron chi connectivity index (χ3n) is 3.36. The van der Waals surface area contributed by atoms with E-state index in [9.17, 15) is 13.2 Å². The van der Waals surface area contributed by atoms with E-state index in [1.54, 1.807) is 6.92 Å². The van der Waals surface area contributed by atoms with E-state index in [0.29, 0.717) is 0 Å². The molecule has 96 valence electrons. The Hall–Kier alpha value is -1.28. The molecule has 0 radical (unpaired) electrons. The molecule has 2 fully saturated rings. The summed E-state index contributed by atoms with van der Waals surface area (Å²) in [6, 6.07) is 0. The summed E-state index contributed by atoms with van der Waals surface area (Å²) in [7, 11) is -3.37. The number of nitrogens with zero attached hydrogens (tertiary/aromatic N) is 2. The molecular formula is C9H16N4O3S. The van der Waals surface area contributed by atoms with Crippen LogP contribution in [0.25, 0.3) is 0 Å². The van der Waals surface area contributed by atoms with Crippen LogP contribution in [-0.4, -0.2) is 47.4 Å². The van der Waals surface area contributed by atoms with Gasteiger partial charge in [-0.2, -0.15) is 0 Å². The lowest BCUT2D eigenvalue weighted by molar-refractivity contribution is -0.141. The second-order valence-electron chi connectivity index (χ2n) is 4.69. The van der Waals surface area contributed by atoms with Gasteiger partial charge in [0.2, 0.25) is 5.91 Å². The second kappa shape index (κ2) is 3.61. The van der Waals surface area contributed by atoms with Crippen LogP contribution in [0.1, 0.15) is 13.3 Å². The van der Waals surface area contributed by atoms with Crippen molar-refractivity contribution in [3.8, 4) is 0 Å². The van der Waals surface area contributed by atoms with Crippen LogP contribution in [-0.2, 0) is 14.6 Å². The number of fused-ring (bicyclic) bond motifs is 1. The summed E-state index contributed by atoms with van der Waals surface area (Å²) < 4.78 is 23.4. The van der Waals surface area contributed by atoms with Crippen molar-refractivity contribution in [2.24, 2.45) is 11.6 Å². The van der Waals surface area contributed by atoms with Gasteiger partial charge in [-0.05, 0) is 6.92 Å². The number of carbonyl (C=O) groups excluding carboxylic acids is 1. The quantitative estimate of drug-likeness (QED) is 0.357. The number of carbonyl (C=O) groups is 1. The van der Waals surface area contributed by atoms with Crippen molar-refractivity contribution >= 4 is 15.7 Å². The molecule has 2 atom stereocenters. The summed E-state index contributed by atoms with van der Waals surface area (Å²) in [4.78, 5) is 12.7. The minimum Gasteiger partial charge on any atom is -0.403 e. The van der Waals surface area contributed by atoms with E-state index in [1.807, 2.05) is 0 Å². The lowest BCUT2D eigenvalue weighted by atomic mass is 10.1. The van der Waals surface area contributed by atoms with Gasteiger partial charge in [-0.1, -0.05) is 0 Å². The van der Waals surface area contributed by atoms with E-state index in [1.165, 1.54) is 22.3 Å². The topological polar surface area (TPSA) is 110 Å². The molecule has 1 unspecified atom stereocenters. The van der Waals surface area contributed by atoms with Crippen molar-refractivity contribution in [2.45, 2.75) is 23.5 Å². The minimum absolute atomic E-state index is 0.0925. The summed E-state index contributed by atoms with van der Waals surface area (Å²) >= 11 is 0. The van der Waals surface area contributed by atoms with Gasteiger partial charge < -0.3 is 15.6 Å². The largest absolute Gasteiger partial charge is 0.403 e. The Kier molecular flexibility index (Phi) is 2.58. The van der Waals surface area contributed by atoms with Crippen molar-refractivity contribution in [3.63, 3.8) is 0 Å². The van der Waals surface area contributed by atoms with Crippen molar-refractivity contribution in [3.05, 3.63) is 12.4 Å². The molecule has 0 aromatic heterocycles. The first-order valence-corrected chi connectivity index (χ1v) is 6.79. The highest BCUT2D eigenvalue weighted by atomic mass is 32.2. The van der Waals surface area contributed by atoms with Crippen LogP contribution in [0.15, 0.2) is 12.4 Å². The molecular weight excluding hydrogens is 244 g/mol. The van der Waals surface area contributed by atoms with Gasteiger partial charge >= 0.3 is 0 Å². The van der Waals surface area contributed by atoms with E-state index in [4.69, 9.17) is 11.6 Å². The van der Waals surface area contributed by atoms with Crippen LogP contribution in [0.5, 0.6) is 0 Å². The third kappa shape index (κ3) is 1.59. The molecule has 0 saturated carbocycles. The van der Waals surface area contributed by atoms with Gasteiger partial charge in [-0.15, -0.1) is 0 Å². The zero-order chi connectivity index (χ0) is 12.8. The van der Waals surface area contributed by atoms with Crippen molar-refractivity contribution < 1.29 is 13.2 Å². The Morgan fingerprint density at radius 1 is 1.65 bits per heavy atom. The smallest absolute Gasteiger partial charge is 0.226 e. The number of amides is 1. The lowest BCUT2D eigenvalue weighted by Gasteiger charge is -2.31. The van der Waals surface area contributed by atoms with Gasteiger partial charge in [0.25, 0.3) is 0 Å². The zero-order valence-electron chi connectivity index (χ0n) is 9.54. The molecule has 2 rings (SSSR count). The number of nitrogens with two attached hydrogens (primary N) is 2. The highest BCUT2D eigenvalue weighted by Gasteiger charge is 2.61. The average molecular weight is 260 g/mol. The molecule has 2 aliphatic heterocycles. The van der Waals surface area contributed by atoms with Crippen molar-refractivity contribution in [1.82, 2.24) is 9.91 Å². The van der Waals surface area contributed by atoms with E-state index in [-0.39, 0.29) is 25.4 Å². The molecule has 0 spiro atoms. The predicted octanol–water partition coefficient (Wildman–Crippen LogP) is -1.66. The van der Waals surface area contributed by atoms with Gasteiger partial charge in [0.15, 0.2) is 9.84 Å². The molecule has 0 aromatic rings. The second-order valence-corrected chi connectivity index (χ2v) is 7.31. The Balaban J connectivity index is 2.23. The van der Waals surface area contributed by atoms with E-state index < -0.39 is 20.0 Å². The van der Waals surface area contributed by atoms with Crippen molar-refractivity contribution in [2.75, 3.05) is 13.1 Å². The molecule has 4 N–H and O–H groups in total. The van der Waals surface area contributed by atoms with Crippen LogP contribution >= 0.6 is 0 Å². The molecule has 0 bridgehead atoms. The normalized spacial score (nSPS) is 34.8. The van der Waals surface area contributed by atoms with E-state index in [2.05, 4.69) is 0 Å². The SMILES string of the molecule is C[C@]1(CN(N)/C=C\N)CN2C(=O)CC2S1(=O)=O. The Labute approximate surface area is 99.9 Å². The molecule has 2 heterocycles. The Morgan fingerprint density at radius 2 is 2.29 bits per heavy atom. The van der Waals surface area contributed by atoms with Crippen LogP contribution < -0.4 is 11.6 Å². The van der Waals surface area contributed by atoms with Gasteiger partial charge in [0.1, 0.15) is 10.1 Å². The van der Waals surface area contributed by atoms with Crippen LogP contribution in [0.2, 0.25) is 0 Å². The van der Waals surface area contributed by atoms with E-state index in [0.717, 1.165) is 0 Å². The predicted molar refractivity (Wildman–Crippen MR) is 61.7 cm³/mol. The minimum atomic E-state index is -3.37. The standard InChI is InChI=1S/C9H16N4O3S/c1-9(5-12(11)3-2-10)6-13-7(14)4-8(13)17(9,15)16/h2-3,8H,4-6,10-11H2,1H3/b3-2-/t8?,9-/m0/s1. The molecule has 17 heavy (non-hydrogen) atoms. The average Bonchev–Trinajstić information content (AvgIpc) is 2.36. The number of rotatable bonds is 3. The summed E-state index contributed by atoms with van der Waals surface area (Å²) in [5.74, 6) is 5.50. The molecule has 1 amide bonds. The summed E-state index contributed by atoms with van der Waals surface area (Å²) in [5, 5.41) is 0.573. The first-order valence-electron chi connectivity index (χ1n) is 5.24. The number of sulfone groups is 1. The fraction of sp³-hybridized carbons (Fsp3) is 0.667. The first-order chi connectivity index (χ1) is 7.82. The monoisotopic (exact) mass is 260 g/mol. The summed E-state index contributed by atoms with van der Waals surface area (Å²) in [5.41, 5.74) is 5.19. The van der Waals surface area contributed by atoms with Crippen LogP contribution in [0.4, 0.5) is 0 Å². The Morgan fingerprint density at radius 3 is 2.76 bits per heavy atom.